The lowest BCUT2D eigenvalue weighted by atomic mass is 9.63. The molecule has 1 aliphatic heterocycles. The van der Waals surface area contributed by atoms with Crippen LogP contribution in [0.3, 0.4) is 0 Å². The molecular weight excluding hydrogens is 540 g/mol. The zero-order chi connectivity index (χ0) is 29.7. The molecule has 8 heteroatoms. The Bertz CT molecular complexity index is 1450. The molecule has 2 aromatic rings. The number of allylic oxidation sites excluding steroid dienone is 4. The molecule has 5 rings (SSSR count). The van der Waals surface area contributed by atoms with Crippen LogP contribution in [0.25, 0.3) is 0 Å². The molecule has 0 atom stereocenters. The minimum absolute atomic E-state index is 0.0251. The van der Waals surface area contributed by atoms with Crippen LogP contribution in [0.15, 0.2) is 65.0 Å². The molecule has 0 radical (unpaired) electrons. The Morgan fingerprint density at radius 3 is 2.10 bits per heavy atom. The number of nitrogens with zero attached hydrogens (tertiary/aromatic N) is 1. The van der Waals surface area contributed by atoms with E-state index in [1.165, 1.54) is 7.11 Å². The van der Waals surface area contributed by atoms with E-state index in [-0.39, 0.29) is 34.9 Å². The number of carbonyl (C=O) groups excluding carboxylic acids is 3. The topological polar surface area (TPSA) is 84.9 Å². The van der Waals surface area contributed by atoms with Crippen molar-refractivity contribution in [1.82, 2.24) is 4.90 Å². The molecule has 0 fully saturated rings. The van der Waals surface area contributed by atoms with E-state index in [1.54, 1.807) is 36.4 Å². The predicted molar refractivity (Wildman–Crippen MR) is 159 cm³/mol. The van der Waals surface area contributed by atoms with Gasteiger partial charge >= 0.3 is 0 Å². The highest BCUT2D eigenvalue weighted by Gasteiger charge is 2.48. The van der Waals surface area contributed by atoms with Crippen LogP contribution in [-0.4, -0.2) is 43.1 Å². The van der Waals surface area contributed by atoms with Gasteiger partial charge < -0.3 is 19.7 Å². The van der Waals surface area contributed by atoms with Gasteiger partial charge in [0.05, 0.1) is 12.8 Å². The monoisotopic (exact) mass is 576 g/mol. The summed E-state index contributed by atoms with van der Waals surface area (Å²) in [4.78, 5) is 42.7. The fourth-order valence-electron chi connectivity index (χ4n) is 6.43. The molecule has 41 heavy (non-hydrogen) atoms. The van der Waals surface area contributed by atoms with E-state index in [0.717, 1.165) is 11.4 Å². The zero-order valence-corrected chi connectivity index (χ0v) is 25.3. The van der Waals surface area contributed by atoms with E-state index in [9.17, 15) is 14.4 Å². The van der Waals surface area contributed by atoms with E-state index in [4.69, 9.17) is 21.1 Å². The maximum absolute atomic E-state index is 13.8. The number of benzene rings is 2. The molecule has 216 valence electrons. The summed E-state index contributed by atoms with van der Waals surface area (Å²) in [5.74, 6) is 0.0112. The number of hydrogen-bond acceptors (Lipinski definition) is 6. The molecule has 1 N–H and O–H groups in total. The summed E-state index contributed by atoms with van der Waals surface area (Å²) in [6.07, 6.45) is 2.20. The van der Waals surface area contributed by atoms with Crippen LogP contribution in [0.4, 0.5) is 5.69 Å². The van der Waals surface area contributed by atoms with Gasteiger partial charge in [-0.05, 0) is 54.0 Å². The molecule has 3 aliphatic rings. The van der Waals surface area contributed by atoms with Gasteiger partial charge in [0.2, 0.25) is 0 Å². The van der Waals surface area contributed by atoms with Crippen molar-refractivity contribution in [2.75, 3.05) is 26.1 Å². The zero-order valence-electron chi connectivity index (χ0n) is 24.5. The van der Waals surface area contributed by atoms with Gasteiger partial charge in [0, 0.05) is 58.9 Å². The molecule has 0 bridgehead atoms. The quantitative estimate of drug-likeness (QED) is 0.413. The fraction of sp³-hybridized carbons (Fsp3) is 0.424. The largest absolute Gasteiger partial charge is 0.495 e. The van der Waals surface area contributed by atoms with E-state index >= 15 is 0 Å². The Hall–Kier alpha value is -3.58. The molecule has 2 aromatic carbocycles. The van der Waals surface area contributed by atoms with Gasteiger partial charge in [-0.2, -0.15) is 0 Å². The Morgan fingerprint density at radius 1 is 0.927 bits per heavy atom. The van der Waals surface area contributed by atoms with Gasteiger partial charge in [-0.15, -0.1) is 0 Å². The van der Waals surface area contributed by atoms with Crippen molar-refractivity contribution in [3.05, 3.63) is 75.6 Å². The first kappa shape index (κ1) is 28.9. The van der Waals surface area contributed by atoms with Gasteiger partial charge in [0.25, 0.3) is 5.91 Å². The number of ether oxygens (including phenoxy) is 2. The van der Waals surface area contributed by atoms with Gasteiger partial charge in [0.15, 0.2) is 18.2 Å². The van der Waals surface area contributed by atoms with E-state index in [0.29, 0.717) is 64.6 Å². The smallest absolute Gasteiger partial charge is 0.262 e. The molecule has 1 amide bonds. The lowest BCUT2D eigenvalue weighted by Crippen LogP contribution is -2.43. The lowest BCUT2D eigenvalue weighted by molar-refractivity contribution is -0.120. The normalized spacial score (nSPS) is 20.0. The Labute approximate surface area is 246 Å². The van der Waals surface area contributed by atoms with Gasteiger partial charge in [-0.1, -0.05) is 51.4 Å². The lowest BCUT2D eigenvalue weighted by Gasteiger charge is -2.48. The Kier molecular flexibility index (Phi) is 7.53. The molecule has 0 unspecified atom stereocenters. The first-order chi connectivity index (χ1) is 19.3. The average molecular weight is 577 g/mol. The minimum Gasteiger partial charge on any atom is -0.495 e. The summed E-state index contributed by atoms with van der Waals surface area (Å²) in [5.41, 5.74) is 3.90. The maximum atomic E-state index is 13.8. The number of methoxy groups -OCH3 is 1. The minimum atomic E-state index is -0.616. The van der Waals surface area contributed by atoms with Gasteiger partial charge in [0.1, 0.15) is 11.5 Å². The molecule has 1 heterocycles. The Morgan fingerprint density at radius 2 is 1.51 bits per heavy atom. The molecular formula is C33H37ClN2O5. The van der Waals surface area contributed by atoms with Crippen LogP contribution in [0.1, 0.15) is 64.9 Å². The second-order valence-corrected chi connectivity index (χ2v) is 13.3. The number of anilines is 1. The SMILES string of the molecule is COc1ccccc1NC(=O)COc1ccc(Cl)cc1C1C2=C(CC(C)(C)CC2=O)N(C)C2=C1C(=O)CC(C)(C)C2. The molecule has 0 spiro atoms. The van der Waals surface area contributed by atoms with Crippen LogP contribution >= 0.6 is 11.6 Å². The fourth-order valence-corrected chi connectivity index (χ4v) is 6.61. The first-order valence-electron chi connectivity index (χ1n) is 13.9. The second kappa shape index (κ2) is 10.7. The highest BCUT2D eigenvalue weighted by Crippen LogP contribution is 2.55. The highest BCUT2D eigenvalue weighted by atomic mass is 35.5. The summed E-state index contributed by atoms with van der Waals surface area (Å²) >= 11 is 6.52. The summed E-state index contributed by atoms with van der Waals surface area (Å²) in [5, 5.41) is 3.28. The van der Waals surface area contributed by atoms with Crippen molar-refractivity contribution in [2.24, 2.45) is 10.8 Å². The standard InChI is InChI=1S/C33H37ClN2O5/c1-32(2)14-22-30(24(37)16-32)29(31-23(36(22)5)15-33(3,4)17-25(31)38)20-13-19(34)11-12-26(20)41-18-28(39)35-21-9-7-8-10-27(21)40-6/h7-13,29H,14-18H2,1-6H3,(H,35,39). The molecule has 0 saturated heterocycles. The van der Waals surface area contributed by atoms with Crippen LogP contribution < -0.4 is 14.8 Å². The summed E-state index contributed by atoms with van der Waals surface area (Å²) in [7, 11) is 3.51. The van der Waals surface area contributed by atoms with Crippen molar-refractivity contribution in [2.45, 2.75) is 59.3 Å². The molecule has 0 aromatic heterocycles. The third-order valence-corrected chi connectivity index (χ3v) is 8.44. The van der Waals surface area contributed by atoms with E-state index in [2.05, 4.69) is 37.9 Å². The highest BCUT2D eigenvalue weighted by molar-refractivity contribution is 6.30. The number of halogens is 1. The Balaban J connectivity index is 1.56. The van der Waals surface area contributed by atoms with Crippen LogP contribution in [0.2, 0.25) is 5.02 Å². The molecule has 7 nitrogen and oxygen atoms in total. The number of para-hydroxylation sites is 2. The summed E-state index contributed by atoms with van der Waals surface area (Å²) in [6, 6.07) is 12.3. The van der Waals surface area contributed by atoms with Crippen molar-refractivity contribution in [1.29, 1.82) is 0 Å². The number of hydrogen-bond donors (Lipinski definition) is 1. The van der Waals surface area contributed by atoms with Crippen molar-refractivity contribution in [3.8, 4) is 11.5 Å². The third kappa shape index (κ3) is 5.65. The van der Waals surface area contributed by atoms with Crippen molar-refractivity contribution < 1.29 is 23.9 Å². The summed E-state index contributed by atoms with van der Waals surface area (Å²) in [6.45, 7) is 8.13. The van der Waals surface area contributed by atoms with Gasteiger partial charge in [-0.3, -0.25) is 14.4 Å². The van der Waals surface area contributed by atoms with Crippen LogP contribution in [-0.2, 0) is 14.4 Å². The third-order valence-electron chi connectivity index (χ3n) is 8.20. The number of carbonyl (C=O) groups is 3. The number of Topliss-reactive ketones (excluding diaryl/α,β-unsaturated/α-hetero) is 2. The number of ketones is 2. The number of rotatable bonds is 6. The summed E-state index contributed by atoms with van der Waals surface area (Å²) < 4.78 is 11.4. The maximum Gasteiger partial charge on any atom is 0.262 e. The van der Waals surface area contributed by atoms with Gasteiger partial charge in [-0.25, -0.2) is 0 Å². The molecule has 0 saturated carbocycles. The average Bonchev–Trinajstić information content (AvgIpc) is 2.88. The number of amides is 1. The van der Waals surface area contributed by atoms with Crippen molar-refractivity contribution in [3.63, 3.8) is 0 Å². The van der Waals surface area contributed by atoms with Crippen LogP contribution in [0.5, 0.6) is 11.5 Å². The second-order valence-electron chi connectivity index (χ2n) is 12.8. The first-order valence-corrected chi connectivity index (χ1v) is 14.3. The molecule has 2 aliphatic carbocycles. The van der Waals surface area contributed by atoms with E-state index < -0.39 is 5.92 Å². The number of nitrogens with one attached hydrogen (secondary N) is 1. The van der Waals surface area contributed by atoms with Crippen molar-refractivity contribution >= 4 is 34.8 Å². The van der Waals surface area contributed by atoms with Crippen LogP contribution in [0, 0.1) is 10.8 Å². The predicted octanol–water partition coefficient (Wildman–Crippen LogP) is 6.68. The van der Waals surface area contributed by atoms with E-state index in [1.807, 2.05) is 13.1 Å².